The first-order valence-electron chi connectivity index (χ1n) is 6.72. The highest BCUT2D eigenvalue weighted by Crippen LogP contribution is 2.39. The Bertz CT molecular complexity index is 502. The van der Waals surface area contributed by atoms with Crippen LogP contribution in [0.1, 0.15) is 30.1 Å². The fourth-order valence-electron chi connectivity index (χ4n) is 1.71. The van der Waals surface area contributed by atoms with Gasteiger partial charge >= 0.3 is 6.03 Å². The second-order valence-electron chi connectivity index (χ2n) is 5.17. The quantitative estimate of drug-likeness (QED) is 0.644. The normalized spacial score (nSPS) is 14.0. The van der Waals surface area contributed by atoms with Gasteiger partial charge in [-0.2, -0.15) is 0 Å². The number of amides is 2. The smallest absolute Gasteiger partial charge is 0.316 e. The summed E-state index contributed by atoms with van der Waals surface area (Å²) in [5.74, 6) is 2.04. The van der Waals surface area contributed by atoms with Gasteiger partial charge in [0.05, 0.1) is 0 Å². The summed E-state index contributed by atoms with van der Waals surface area (Å²) in [4.78, 5) is 21.7. The van der Waals surface area contributed by atoms with Crippen molar-refractivity contribution in [3.05, 3.63) is 16.5 Å². The number of rotatable bonds is 5. The van der Waals surface area contributed by atoms with Crippen molar-refractivity contribution in [1.82, 2.24) is 20.2 Å². The molecule has 0 aromatic carbocycles. The van der Waals surface area contributed by atoms with Crippen LogP contribution in [0.3, 0.4) is 0 Å². The van der Waals surface area contributed by atoms with Gasteiger partial charge in [-0.3, -0.25) is 0 Å². The molecule has 1 saturated carbocycles. The molecule has 110 valence electrons. The summed E-state index contributed by atoms with van der Waals surface area (Å²) in [6.07, 6.45) is 2.27. The monoisotopic (exact) mass is 297 g/mol. The fraction of sp³-hybridized carbons (Fsp3) is 0.615. The molecule has 0 aliphatic heterocycles. The van der Waals surface area contributed by atoms with Crippen molar-refractivity contribution in [2.75, 3.05) is 32.5 Å². The van der Waals surface area contributed by atoms with Crippen LogP contribution in [-0.2, 0) is 0 Å². The third kappa shape index (κ3) is 3.72. The summed E-state index contributed by atoms with van der Waals surface area (Å²) < 4.78 is 0. The number of hydrogen-bond donors (Lipinski definition) is 2. The number of nitrogens with one attached hydrogen (secondary N) is 2. The van der Waals surface area contributed by atoms with Crippen molar-refractivity contribution >= 4 is 23.4 Å². The number of urea groups is 1. The first-order chi connectivity index (χ1) is 9.49. The van der Waals surface area contributed by atoms with E-state index in [4.69, 9.17) is 11.6 Å². The number of anilines is 1. The van der Waals surface area contributed by atoms with Crippen LogP contribution in [0.5, 0.6) is 0 Å². The lowest BCUT2D eigenvalue weighted by atomic mass is 10.3. The maximum Gasteiger partial charge on any atom is 0.316 e. The second kappa shape index (κ2) is 6.26. The summed E-state index contributed by atoms with van der Waals surface area (Å²) in [7, 11) is 3.41. The Morgan fingerprint density at radius 3 is 2.65 bits per heavy atom. The lowest BCUT2D eigenvalue weighted by molar-refractivity contribution is 0.218. The molecule has 2 rings (SSSR count). The topological polar surface area (TPSA) is 70.1 Å². The molecule has 0 radical (unpaired) electrons. The van der Waals surface area contributed by atoms with E-state index in [2.05, 4.69) is 20.6 Å². The van der Waals surface area contributed by atoms with E-state index in [1.165, 1.54) is 4.90 Å². The van der Waals surface area contributed by atoms with Crippen LogP contribution < -0.4 is 10.6 Å². The maximum absolute atomic E-state index is 11.4. The van der Waals surface area contributed by atoms with Gasteiger partial charge in [0, 0.05) is 38.7 Å². The van der Waals surface area contributed by atoms with E-state index in [1.54, 1.807) is 14.1 Å². The van der Waals surface area contributed by atoms with Crippen molar-refractivity contribution in [2.24, 2.45) is 0 Å². The molecule has 0 saturated heterocycles. The average Bonchev–Trinajstić information content (AvgIpc) is 3.22. The van der Waals surface area contributed by atoms with Crippen LogP contribution in [0.4, 0.5) is 10.6 Å². The van der Waals surface area contributed by atoms with Crippen molar-refractivity contribution < 1.29 is 4.79 Å². The minimum Gasteiger partial charge on any atom is -0.368 e. The predicted octanol–water partition coefficient (Wildman–Crippen LogP) is 2.00. The number of aromatic nitrogens is 2. The maximum atomic E-state index is 11.4. The van der Waals surface area contributed by atoms with Gasteiger partial charge in [0.15, 0.2) is 0 Å². The first-order valence-corrected chi connectivity index (χ1v) is 7.10. The highest BCUT2D eigenvalue weighted by Gasteiger charge is 2.27. The Hall–Kier alpha value is -1.56. The van der Waals surface area contributed by atoms with Crippen LogP contribution in [0.15, 0.2) is 0 Å². The summed E-state index contributed by atoms with van der Waals surface area (Å²) in [6.45, 7) is 3.01. The number of carbonyl (C=O) groups excluding carboxylic acids is 1. The van der Waals surface area contributed by atoms with Crippen LogP contribution >= 0.6 is 11.6 Å². The average molecular weight is 298 g/mol. The van der Waals surface area contributed by atoms with Gasteiger partial charge in [-0.1, -0.05) is 11.6 Å². The van der Waals surface area contributed by atoms with E-state index in [0.717, 1.165) is 30.0 Å². The highest BCUT2D eigenvalue weighted by atomic mass is 35.5. The second-order valence-corrected chi connectivity index (χ2v) is 5.53. The van der Waals surface area contributed by atoms with E-state index >= 15 is 0 Å². The van der Waals surface area contributed by atoms with Gasteiger partial charge in [0.1, 0.15) is 16.8 Å². The van der Waals surface area contributed by atoms with Gasteiger partial charge in [-0.15, -0.1) is 0 Å². The Balaban J connectivity index is 1.90. The number of hydrogen-bond acceptors (Lipinski definition) is 4. The Morgan fingerprint density at radius 1 is 1.35 bits per heavy atom. The van der Waals surface area contributed by atoms with Crippen molar-refractivity contribution in [1.29, 1.82) is 0 Å². The van der Waals surface area contributed by atoms with Crippen LogP contribution in [0.25, 0.3) is 0 Å². The lowest BCUT2D eigenvalue weighted by Crippen LogP contribution is -2.37. The molecule has 0 spiro atoms. The molecule has 0 unspecified atom stereocenters. The largest absolute Gasteiger partial charge is 0.368 e. The van der Waals surface area contributed by atoms with Crippen molar-refractivity contribution in [3.8, 4) is 0 Å². The molecule has 1 heterocycles. The SMILES string of the molecule is Cc1c(Cl)nc(C2CC2)nc1NCCNC(=O)N(C)C. The summed E-state index contributed by atoms with van der Waals surface area (Å²) in [6, 6.07) is -0.108. The molecule has 0 bridgehead atoms. The van der Waals surface area contributed by atoms with Crippen molar-refractivity contribution in [3.63, 3.8) is 0 Å². The molecule has 0 atom stereocenters. The fourth-order valence-corrected chi connectivity index (χ4v) is 1.89. The molecule has 7 heteroatoms. The molecular formula is C13H20ClN5O. The summed E-state index contributed by atoms with van der Waals surface area (Å²) in [5.41, 5.74) is 0.843. The number of nitrogens with zero attached hydrogens (tertiary/aromatic N) is 3. The van der Waals surface area contributed by atoms with E-state index in [-0.39, 0.29) is 6.03 Å². The Labute approximate surface area is 123 Å². The number of carbonyl (C=O) groups is 1. The van der Waals surface area contributed by atoms with E-state index in [0.29, 0.717) is 24.2 Å². The molecule has 6 nitrogen and oxygen atoms in total. The van der Waals surface area contributed by atoms with Gasteiger partial charge in [0.25, 0.3) is 0 Å². The molecule has 1 aromatic heterocycles. The van der Waals surface area contributed by atoms with Gasteiger partial charge < -0.3 is 15.5 Å². The lowest BCUT2D eigenvalue weighted by Gasteiger charge is -2.14. The third-order valence-corrected chi connectivity index (χ3v) is 3.51. The minimum absolute atomic E-state index is 0.108. The zero-order valence-electron chi connectivity index (χ0n) is 12.0. The van der Waals surface area contributed by atoms with Crippen LogP contribution in [0.2, 0.25) is 5.15 Å². The molecule has 1 aliphatic rings. The van der Waals surface area contributed by atoms with Gasteiger partial charge in [-0.25, -0.2) is 14.8 Å². The van der Waals surface area contributed by atoms with Crippen LogP contribution in [0, 0.1) is 6.92 Å². The van der Waals surface area contributed by atoms with Crippen LogP contribution in [-0.4, -0.2) is 48.1 Å². The Kier molecular flexibility index (Phi) is 4.65. The molecule has 20 heavy (non-hydrogen) atoms. The molecular weight excluding hydrogens is 278 g/mol. The molecule has 2 N–H and O–H groups in total. The van der Waals surface area contributed by atoms with Crippen molar-refractivity contribution in [2.45, 2.75) is 25.7 Å². The van der Waals surface area contributed by atoms with E-state index in [1.807, 2.05) is 6.92 Å². The van der Waals surface area contributed by atoms with E-state index in [9.17, 15) is 4.79 Å². The minimum atomic E-state index is -0.108. The third-order valence-electron chi connectivity index (χ3n) is 3.15. The number of halogens is 1. The first kappa shape index (κ1) is 14.8. The van der Waals surface area contributed by atoms with E-state index < -0.39 is 0 Å². The predicted molar refractivity (Wildman–Crippen MR) is 79.3 cm³/mol. The highest BCUT2D eigenvalue weighted by molar-refractivity contribution is 6.30. The zero-order valence-corrected chi connectivity index (χ0v) is 12.8. The molecule has 1 aliphatic carbocycles. The molecule has 1 fully saturated rings. The van der Waals surface area contributed by atoms with Gasteiger partial charge in [-0.05, 0) is 19.8 Å². The molecule has 1 aromatic rings. The standard InChI is InChI=1S/C13H20ClN5O/c1-8-10(14)17-12(9-4-5-9)18-11(8)15-6-7-16-13(20)19(2)3/h9H,4-7H2,1-3H3,(H,16,20)(H,15,17,18). The summed E-state index contributed by atoms with van der Waals surface area (Å²) in [5, 5.41) is 6.49. The van der Waals surface area contributed by atoms with Gasteiger partial charge in [0.2, 0.25) is 0 Å². The zero-order chi connectivity index (χ0) is 14.7. The summed E-state index contributed by atoms with van der Waals surface area (Å²) >= 11 is 6.13. The molecule has 2 amide bonds. The Morgan fingerprint density at radius 2 is 2.05 bits per heavy atom.